The van der Waals surface area contributed by atoms with Crippen molar-refractivity contribution in [2.24, 2.45) is 4.99 Å². The highest BCUT2D eigenvalue weighted by Gasteiger charge is 2.38. The van der Waals surface area contributed by atoms with Gasteiger partial charge in [-0.2, -0.15) is 0 Å². The minimum absolute atomic E-state index is 0. The minimum Gasteiger partial charge on any atom is -0.505 e. The highest BCUT2D eigenvalue weighted by Crippen LogP contribution is 2.33. The van der Waals surface area contributed by atoms with E-state index in [-0.39, 0.29) is 29.7 Å². The van der Waals surface area contributed by atoms with E-state index in [1.165, 1.54) is 25.0 Å². The van der Waals surface area contributed by atoms with Gasteiger partial charge in [0, 0.05) is 38.3 Å². The van der Waals surface area contributed by atoms with Crippen LogP contribution in [0.3, 0.4) is 0 Å². The molecule has 0 spiro atoms. The maximum Gasteiger partial charge on any atom is 0.191 e. The van der Waals surface area contributed by atoms with Crippen LogP contribution in [-0.2, 0) is 6.54 Å². The summed E-state index contributed by atoms with van der Waals surface area (Å²) in [4.78, 5) is 6.83. The lowest BCUT2D eigenvalue weighted by Gasteiger charge is -2.20. The fraction of sp³-hybridized carbons (Fsp3) is 0.588. The second-order valence-corrected chi connectivity index (χ2v) is 6.57. The molecule has 2 fully saturated rings. The Kier molecular flexibility index (Phi) is 6.68. The van der Waals surface area contributed by atoms with Crippen molar-refractivity contribution in [3.05, 3.63) is 29.6 Å². The van der Waals surface area contributed by atoms with Crippen molar-refractivity contribution in [3.8, 4) is 5.75 Å². The van der Waals surface area contributed by atoms with Gasteiger partial charge in [-0.25, -0.2) is 4.39 Å². The lowest BCUT2D eigenvalue weighted by molar-refractivity contribution is 0.256. The van der Waals surface area contributed by atoms with Crippen molar-refractivity contribution in [1.82, 2.24) is 15.5 Å². The Balaban J connectivity index is 0.00000208. The maximum atomic E-state index is 13.4. The van der Waals surface area contributed by atoms with Gasteiger partial charge in [-0.05, 0) is 43.9 Å². The lowest BCUT2D eigenvalue weighted by atomic mass is 10.2. The average molecular weight is 448 g/mol. The number of guanidine groups is 1. The number of aliphatic imine (C=N–C) groups is 1. The number of likely N-dealkylation sites (tertiary alicyclic amines) is 1. The number of aromatic hydroxyl groups is 1. The Morgan fingerprint density at radius 1 is 1.42 bits per heavy atom. The van der Waals surface area contributed by atoms with E-state index in [9.17, 15) is 9.50 Å². The molecule has 0 aromatic heterocycles. The van der Waals surface area contributed by atoms with Crippen molar-refractivity contribution in [1.29, 1.82) is 0 Å². The third-order valence-corrected chi connectivity index (χ3v) is 4.68. The Labute approximate surface area is 159 Å². The average Bonchev–Trinajstić information content (AvgIpc) is 3.30. The number of rotatable bonds is 4. The van der Waals surface area contributed by atoms with E-state index < -0.39 is 5.82 Å². The van der Waals surface area contributed by atoms with Crippen LogP contribution in [-0.4, -0.2) is 47.7 Å². The molecular weight excluding hydrogens is 422 g/mol. The second kappa shape index (κ2) is 8.33. The van der Waals surface area contributed by atoms with E-state index >= 15 is 0 Å². The first-order valence-corrected chi connectivity index (χ1v) is 8.27. The van der Waals surface area contributed by atoms with E-state index in [0.717, 1.165) is 30.5 Å². The molecule has 0 bridgehead atoms. The monoisotopic (exact) mass is 448 g/mol. The number of benzene rings is 1. The van der Waals surface area contributed by atoms with E-state index in [0.29, 0.717) is 18.6 Å². The van der Waals surface area contributed by atoms with Gasteiger partial charge in [0.1, 0.15) is 0 Å². The quantitative estimate of drug-likeness (QED) is 0.376. The Hall–Kier alpha value is -1.09. The van der Waals surface area contributed by atoms with Crippen LogP contribution in [0.1, 0.15) is 31.7 Å². The molecule has 7 heteroatoms. The molecule has 1 aromatic rings. The van der Waals surface area contributed by atoms with Crippen LogP contribution >= 0.6 is 24.0 Å². The molecule has 3 rings (SSSR count). The summed E-state index contributed by atoms with van der Waals surface area (Å²) in [5.41, 5.74) is 0.766. The number of nitrogens with one attached hydrogen (secondary N) is 2. The molecule has 0 amide bonds. The van der Waals surface area contributed by atoms with Gasteiger partial charge in [-0.1, -0.05) is 6.07 Å². The lowest BCUT2D eigenvalue weighted by Crippen LogP contribution is -2.44. The standard InChI is InChI=1S/C17H25FN4O.HI/c1-11-7-13(10-22(11)14-4-5-14)21-17(19-2)20-9-12-3-6-16(23)15(18)8-12;/h3,6,8,11,13-14,23H,4-5,7,9-10H2,1-2H3,(H2,19,20,21);1H. The molecule has 1 aliphatic heterocycles. The maximum absolute atomic E-state index is 13.4. The van der Waals surface area contributed by atoms with Gasteiger partial charge in [-0.15, -0.1) is 24.0 Å². The summed E-state index contributed by atoms with van der Waals surface area (Å²) in [5, 5.41) is 15.9. The van der Waals surface area contributed by atoms with Crippen LogP contribution in [0.5, 0.6) is 5.75 Å². The van der Waals surface area contributed by atoms with Crippen LogP contribution < -0.4 is 10.6 Å². The topological polar surface area (TPSA) is 59.9 Å². The normalized spacial score (nSPS) is 24.5. The number of hydrogen-bond acceptors (Lipinski definition) is 3. The molecule has 1 saturated heterocycles. The van der Waals surface area contributed by atoms with Gasteiger partial charge in [0.25, 0.3) is 0 Å². The molecule has 1 aliphatic carbocycles. The molecule has 1 heterocycles. The van der Waals surface area contributed by atoms with Crippen LogP contribution in [0.15, 0.2) is 23.2 Å². The van der Waals surface area contributed by atoms with Gasteiger partial charge >= 0.3 is 0 Å². The largest absolute Gasteiger partial charge is 0.505 e. The summed E-state index contributed by atoms with van der Waals surface area (Å²) in [6.07, 6.45) is 3.78. The molecule has 3 N–H and O–H groups in total. The highest BCUT2D eigenvalue weighted by atomic mass is 127. The smallest absolute Gasteiger partial charge is 0.191 e. The first-order chi connectivity index (χ1) is 11.1. The first-order valence-electron chi connectivity index (χ1n) is 8.27. The molecule has 2 atom stereocenters. The third kappa shape index (κ3) is 4.72. The number of phenols is 1. The summed E-state index contributed by atoms with van der Waals surface area (Å²) in [6, 6.07) is 6.20. The summed E-state index contributed by atoms with van der Waals surface area (Å²) >= 11 is 0. The van der Waals surface area contributed by atoms with Crippen molar-refractivity contribution < 1.29 is 9.50 Å². The molecule has 2 unspecified atom stereocenters. The SMILES string of the molecule is CN=C(NCc1ccc(O)c(F)c1)NC1CC(C)N(C2CC2)C1.I. The molecule has 134 valence electrons. The van der Waals surface area contributed by atoms with Gasteiger partial charge < -0.3 is 15.7 Å². The van der Waals surface area contributed by atoms with Crippen LogP contribution in [0, 0.1) is 5.82 Å². The van der Waals surface area contributed by atoms with Crippen molar-refractivity contribution in [3.63, 3.8) is 0 Å². The molecule has 1 aromatic carbocycles. The van der Waals surface area contributed by atoms with E-state index in [2.05, 4.69) is 27.4 Å². The van der Waals surface area contributed by atoms with Gasteiger partial charge in [-0.3, -0.25) is 9.89 Å². The summed E-state index contributed by atoms with van der Waals surface area (Å²) in [6.45, 7) is 3.81. The van der Waals surface area contributed by atoms with Crippen LogP contribution in [0.2, 0.25) is 0 Å². The fourth-order valence-electron chi connectivity index (χ4n) is 3.31. The van der Waals surface area contributed by atoms with Gasteiger partial charge in [0.05, 0.1) is 0 Å². The Bertz CT molecular complexity index is 594. The fourth-order valence-corrected chi connectivity index (χ4v) is 3.31. The zero-order valence-electron chi connectivity index (χ0n) is 14.1. The van der Waals surface area contributed by atoms with E-state index in [4.69, 9.17) is 0 Å². The Morgan fingerprint density at radius 2 is 2.17 bits per heavy atom. The molecule has 24 heavy (non-hydrogen) atoms. The molecule has 0 radical (unpaired) electrons. The Morgan fingerprint density at radius 3 is 2.79 bits per heavy atom. The van der Waals surface area contributed by atoms with E-state index in [1.54, 1.807) is 13.1 Å². The summed E-state index contributed by atoms with van der Waals surface area (Å²) in [7, 11) is 1.74. The summed E-state index contributed by atoms with van der Waals surface area (Å²) in [5.74, 6) is -0.193. The highest BCUT2D eigenvalue weighted by molar-refractivity contribution is 14.0. The van der Waals surface area contributed by atoms with Crippen LogP contribution in [0.25, 0.3) is 0 Å². The minimum atomic E-state index is -0.600. The number of halogens is 2. The van der Waals surface area contributed by atoms with Crippen molar-refractivity contribution in [2.45, 2.75) is 50.9 Å². The third-order valence-electron chi connectivity index (χ3n) is 4.68. The number of hydrogen-bond donors (Lipinski definition) is 3. The summed E-state index contributed by atoms with van der Waals surface area (Å²) < 4.78 is 13.4. The second-order valence-electron chi connectivity index (χ2n) is 6.57. The van der Waals surface area contributed by atoms with Gasteiger partial charge in [0.15, 0.2) is 17.5 Å². The predicted octanol–water partition coefficient (Wildman–Crippen LogP) is 2.44. The molecule has 1 saturated carbocycles. The van der Waals surface area contributed by atoms with Crippen molar-refractivity contribution >= 4 is 29.9 Å². The first kappa shape index (κ1) is 19.2. The number of phenolic OH excluding ortho intramolecular Hbond substituents is 1. The zero-order valence-corrected chi connectivity index (χ0v) is 16.5. The van der Waals surface area contributed by atoms with Gasteiger partial charge in [0.2, 0.25) is 0 Å². The van der Waals surface area contributed by atoms with E-state index in [1.807, 2.05) is 0 Å². The molecule has 5 nitrogen and oxygen atoms in total. The molecular formula is C17H26FIN4O. The van der Waals surface area contributed by atoms with Crippen LogP contribution in [0.4, 0.5) is 4.39 Å². The van der Waals surface area contributed by atoms with Crippen molar-refractivity contribution in [2.75, 3.05) is 13.6 Å². The number of nitrogens with zero attached hydrogens (tertiary/aromatic N) is 2. The predicted molar refractivity (Wildman–Crippen MR) is 104 cm³/mol. The zero-order chi connectivity index (χ0) is 16.4. The molecule has 2 aliphatic rings.